The maximum absolute atomic E-state index is 13.0. The zero-order chi connectivity index (χ0) is 19.5. The highest BCUT2D eigenvalue weighted by molar-refractivity contribution is 7.09. The van der Waals surface area contributed by atoms with Crippen molar-refractivity contribution >= 4 is 28.1 Å². The van der Waals surface area contributed by atoms with Crippen molar-refractivity contribution in [2.24, 2.45) is 0 Å². The third kappa shape index (κ3) is 3.93. The number of carbonyl (C=O) groups is 1. The van der Waals surface area contributed by atoms with E-state index in [1.807, 2.05) is 40.6 Å². The van der Waals surface area contributed by atoms with Crippen molar-refractivity contribution in [2.45, 2.75) is 25.3 Å². The fraction of sp³-hybridized carbons (Fsp3) is 0.409. The smallest absolute Gasteiger partial charge is 0.253 e. The van der Waals surface area contributed by atoms with Gasteiger partial charge in [-0.25, -0.2) is 0 Å². The Morgan fingerprint density at radius 1 is 1.32 bits per heavy atom. The molecule has 0 aliphatic carbocycles. The predicted molar refractivity (Wildman–Crippen MR) is 114 cm³/mol. The molecule has 1 aromatic carbocycles. The van der Waals surface area contributed by atoms with Gasteiger partial charge in [0.2, 0.25) is 0 Å². The van der Waals surface area contributed by atoms with Gasteiger partial charge >= 0.3 is 0 Å². The number of hydrogen-bond donors (Lipinski definition) is 1. The van der Waals surface area contributed by atoms with Gasteiger partial charge in [0.1, 0.15) is 5.75 Å². The first-order chi connectivity index (χ1) is 13.7. The number of likely N-dealkylation sites (N-methyl/N-ethyl adjacent to an activating group) is 1. The number of H-pyrrole nitrogens is 1. The SMILES string of the molecule is COc1c[nH]c2ccc(C(=O)N3CCC(N(C)CCc4cccs4)CC3)cc12. The Labute approximate surface area is 169 Å². The van der Waals surface area contributed by atoms with Gasteiger partial charge in [-0.2, -0.15) is 0 Å². The number of methoxy groups -OCH3 is 1. The van der Waals surface area contributed by atoms with E-state index in [1.165, 1.54) is 4.88 Å². The van der Waals surface area contributed by atoms with E-state index in [-0.39, 0.29) is 5.91 Å². The van der Waals surface area contributed by atoms with Crippen LogP contribution in [0.3, 0.4) is 0 Å². The van der Waals surface area contributed by atoms with Crippen LogP contribution in [0.4, 0.5) is 0 Å². The number of amides is 1. The number of nitrogens with zero attached hydrogens (tertiary/aromatic N) is 2. The Morgan fingerprint density at radius 3 is 2.86 bits per heavy atom. The van der Waals surface area contributed by atoms with E-state index in [0.717, 1.165) is 61.1 Å². The first-order valence-corrected chi connectivity index (χ1v) is 10.7. The van der Waals surface area contributed by atoms with Crippen molar-refractivity contribution in [2.75, 3.05) is 33.8 Å². The molecule has 2 aromatic heterocycles. The number of nitrogens with one attached hydrogen (secondary N) is 1. The molecule has 0 unspecified atom stereocenters. The molecule has 0 atom stereocenters. The molecular formula is C22H27N3O2S. The lowest BCUT2D eigenvalue weighted by molar-refractivity contribution is 0.0647. The number of rotatable bonds is 6. The fourth-order valence-corrected chi connectivity index (χ4v) is 4.71. The number of aromatic amines is 1. The third-order valence-corrected chi connectivity index (χ3v) is 6.71. The number of ether oxygens (including phenoxy) is 1. The van der Waals surface area contributed by atoms with E-state index in [1.54, 1.807) is 7.11 Å². The summed E-state index contributed by atoms with van der Waals surface area (Å²) in [6.07, 6.45) is 4.99. The summed E-state index contributed by atoms with van der Waals surface area (Å²) in [7, 11) is 3.86. The lowest BCUT2D eigenvalue weighted by Gasteiger charge is -2.36. The number of aromatic nitrogens is 1. The number of benzene rings is 1. The highest BCUT2D eigenvalue weighted by Gasteiger charge is 2.26. The monoisotopic (exact) mass is 397 g/mol. The summed E-state index contributed by atoms with van der Waals surface area (Å²) >= 11 is 1.83. The Balaban J connectivity index is 1.34. The zero-order valence-corrected chi connectivity index (χ0v) is 17.3. The van der Waals surface area contributed by atoms with Crippen LogP contribution in [0.25, 0.3) is 10.9 Å². The molecule has 5 nitrogen and oxygen atoms in total. The molecule has 1 saturated heterocycles. The van der Waals surface area contributed by atoms with E-state index < -0.39 is 0 Å². The van der Waals surface area contributed by atoms with Crippen LogP contribution < -0.4 is 4.74 Å². The number of likely N-dealkylation sites (tertiary alicyclic amines) is 1. The van der Waals surface area contributed by atoms with Crippen LogP contribution in [-0.4, -0.2) is 60.5 Å². The van der Waals surface area contributed by atoms with Crippen LogP contribution >= 0.6 is 11.3 Å². The van der Waals surface area contributed by atoms with Crippen LogP contribution in [0.5, 0.6) is 5.75 Å². The minimum Gasteiger partial charge on any atom is -0.495 e. The van der Waals surface area contributed by atoms with Gasteiger partial charge in [0.25, 0.3) is 5.91 Å². The van der Waals surface area contributed by atoms with Gasteiger partial charge in [-0.15, -0.1) is 11.3 Å². The van der Waals surface area contributed by atoms with Crippen LogP contribution in [0.15, 0.2) is 41.9 Å². The average molecular weight is 398 g/mol. The summed E-state index contributed by atoms with van der Waals surface area (Å²) in [6.45, 7) is 2.70. The maximum atomic E-state index is 13.0. The summed E-state index contributed by atoms with van der Waals surface area (Å²) in [6, 6.07) is 10.7. The van der Waals surface area contributed by atoms with Gasteiger partial charge in [-0.3, -0.25) is 4.79 Å². The van der Waals surface area contributed by atoms with Gasteiger partial charge in [0.05, 0.1) is 7.11 Å². The molecule has 1 aliphatic rings. The van der Waals surface area contributed by atoms with E-state index in [9.17, 15) is 4.79 Å². The van der Waals surface area contributed by atoms with E-state index in [4.69, 9.17) is 4.74 Å². The lowest BCUT2D eigenvalue weighted by Crippen LogP contribution is -2.46. The van der Waals surface area contributed by atoms with Crippen molar-refractivity contribution in [3.8, 4) is 5.75 Å². The molecule has 3 aromatic rings. The normalized spacial score (nSPS) is 15.5. The van der Waals surface area contributed by atoms with E-state index in [2.05, 4.69) is 34.4 Å². The van der Waals surface area contributed by atoms with E-state index in [0.29, 0.717) is 6.04 Å². The molecule has 1 fully saturated rings. The Bertz CT molecular complexity index is 927. The van der Waals surface area contributed by atoms with Crippen LogP contribution in [0.1, 0.15) is 28.1 Å². The maximum Gasteiger partial charge on any atom is 0.253 e. The molecule has 0 spiro atoms. The van der Waals surface area contributed by atoms with Crippen molar-refractivity contribution in [3.05, 3.63) is 52.3 Å². The number of piperidine rings is 1. The first-order valence-electron chi connectivity index (χ1n) is 9.82. The second-order valence-corrected chi connectivity index (χ2v) is 8.48. The Morgan fingerprint density at radius 2 is 2.14 bits per heavy atom. The van der Waals surface area contributed by atoms with Crippen LogP contribution in [0, 0.1) is 0 Å². The fourth-order valence-electron chi connectivity index (χ4n) is 4.01. The molecule has 3 heterocycles. The standard InChI is InChI=1S/C22H27N3O2S/c1-24(10-9-18-4-3-13-28-18)17-7-11-25(12-8-17)22(26)16-5-6-20-19(14-16)21(27-2)15-23-20/h3-6,13-15,17,23H,7-12H2,1-2H3. The van der Waals surface area contributed by atoms with Crippen LogP contribution in [-0.2, 0) is 6.42 Å². The van der Waals surface area contributed by atoms with Gasteiger partial charge in [-0.1, -0.05) is 6.07 Å². The lowest BCUT2D eigenvalue weighted by atomic mass is 10.0. The summed E-state index contributed by atoms with van der Waals surface area (Å²) < 4.78 is 5.38. The second-order valence-electron chi connectivity index (χ2n) is 7.45. The molecule has 0 saturated carbocycles. The average Bonchev–Trinajstić information content (AvgIpc) is 3.40. The van der Waals surface area contributed by atoms with Gasteiger partial charge in [0, 0.05) is 53.2 Å². The minimum absolute atomic E-state index is 0.116. The highest BCUT2D eigenvalue weighted by atomic mass is 32.1. The molecule has 1 N–H and O–H groups in total. The molecule has 1 aliphatic heterocycles. The zero-order valence-electron chi connectivity index (χ0n) is 16.5. The van der Waals surface area contributed by atoms with Crippen molar-refractivity contribution in [1.82, 2.24) is 14.8 Å². The van der Waals surface area contributed by atoms with E-state index >= 15 is 0 Å². The van der Waals surface area contributed by atoms with Gasteiger partial charge in [-0.05, 0) is 56.0 Å². The second kappa shape index (κ2) is 8.37. The molecule has 1 amide bonds. The number of carbonyl (C=O) groups excluding carboxylic acids is 1. The van der Waals surface area contributed by atoms with Gasteiger partial charge in [0.15, 0.2) is 0 Å². The first kappa shape index (κ1) is 19.0. The van der Waals surface area contributed by atoms with Crippen LogP contribution in [0.2, 0.25) is 0 Å². The minimum atomic E-state index is 0.116. The Hall–Kier alpha value is -2.31. The number of fused-ring (bicyclic) bond motifs is 1. The summed E-state index contributed by atoms with van der Waals surface area (Å²) in [4.78, 5) is 22.0. The van der Waals surface area contributed by atoms with Crippen molar-refractivity contribution in [1.29, 1.82) is 0 Å². The molecule has 0 bridgehead atoms. The molecule has 148 valence electrons. The topological polar surface area (TPSA) is 48.6 Å². The quantitative estimate of drug-likeness (QED) is 0.683. The largest absolute Gasteiger partial charge is 0.495 e. The third-order valence-electron chi connectivity index (χ3n) is 5.78. The Kier molecular flexibility index (Phi) is 5.69. The molecular weight excluding hydrogens is 370 g/mol. The number of thiophene rings is 1. The molecule has 28 heavy (non-hydrogen) atoms. The summed E-state index contributed by atoms with van der Waals surface area (Å²) in [5.74, 6) is 0.889. The van der Waals surface area contributed by atoms with Crippen molar-refractivity contribution in [3.63, 3.8) is 0 Å². The van der Waals surface area contributed by atoms with Crippen molar-refractivity contribution < 1.29 is 9.53 Å². The predicted octanol–water partition coefficient (Wildman–Crippen LogP) is 4.02. The highest BCUT2D eigenvalue weighted by Crippen LogP contribution is 2.27. The summed E-state index contributed by atoms with van der Waals surface area (Å²) in [5.41, 5.74) is 1.72. The molecule has 6 heteroatoms. The van der Waals surface area contributed by atoms with Gasteiger partial charge < -0.3 is 19.5 Å². The number of hydrogen-bond acceptors (Lipinski definition) is 4. The molecule has 4 rings (SSSR count). The summed E-state index contributed by atoms with van der Waals surface area (Å²) in [5, 5.41) is 3.09. The molecule has 0 radical (unpaired) electrons.